The van der Waals surface area contributed by atoms with Crippen LogP contribution in [-0.2, 0) is 16.6 Å². The Morgan fingerprint density at radius 2 is 1.63 bits per heavy atom. The van der Waals surface area contributed by atoms with Crippen molar-refractivity contribution in [3.05, 3.63) is 35.4 Å². The molecule has 0 atom stereocenters. The highest BCUT2D eigenvalue weighted by molar-refractivity contribution is 7.89. The van der Waals surface area contributed by atoms with Crippen molar-refractivity contribution >= 4 is 15.9 Å². The molecule has 7 heteroatoms. The van der Waals surface area contributed by atoms with E-state index in [1.165, 1.54) is 12.8 Å². The summed E-state index contributed by atoms with van der Waals surface area (Å²) in [7, 11) is -3.09. The Bertz CT molecular complexity index is 735. The van der Waals surface area contributed by atoms with E-state index in [4.69, 9.17) is 0 Å². The number of amides is 1. The molecule has 0 radical (unpaired) electrons. The van der Waals surface area contributed by atoms with Crippen molar-refractivity contribution < 1.29 is 13.2 Å². The largest absolute Gasteiger partial charge is 0.339 e. The quantitative estimate of drug-likeness (QED) is 0.769. The van der Waals surface area contributed by atoms with E-state index in [1.807, 2.05) is 29.2 Å². The van der Waals surface area contributed by atoms with Crippen LogP contribution in [0.4, 0.5) is 0 Å². The van der Waals surface area contributed by atoms with E-state index < -0.39 is 10.0 Å². The Morgan fingerprint density at radius 3 is 2.26 bits per heavy atom. The monoisotopic (exact) mass is 393 g/mol. The summed E-state index contributed by atoms with van der Waals surface area (Å²) < 4.78 is 25.5. The lowest BCUT2D eigenvalue weighted by Gasteiger charge is -2.33. The van der Waals surface area contributed by atoms with Gasteiger partial charge < -0.3 is 4.90 Å². The van der Waals surface area contributed by atoms with Gasteiger partial charge in [-0.2, -0.15) is 4.31 Å². The maximum Gasteiger partial charge on any atom is 0.253 e. The van der Waals surface area contributed by atoms with Crippen LogP contribution in [0.1, 0.15) is 48.5 Å². The number of rotatable bonds is 5. The van der Waals surface area contributed by atoms with Crippen LogP contribution < -0.4 is 0 Å². The molecule has 2 fully saturated rings. The highest BCUT2D eigenvalue weighted by atomic mass is 32.2. The molecule has 0 bridgehead atoms. The second-order valence-electron chi connectivity index (χ2n) is 7.48. The molecular formula is C20H31N3O3S. The number of carbonyl (C=O) groups is 1. The fourth-order valence-corrected chi connectivity index (χ4v) is 4.95. The van der Waals surface area contributed by atoms with Gasteiger partial charge in [-0.15, -0.1) is 0 Å². The fraction of sp³-hybridized carbons (Fsp3) is 0.650. The number of hydrogen-bond acceptors (Lipinski definition) is 4. The molecule has 2 heterocycles. The Balaban J connectivity index is 1.59. The average molecular weight is 394 g/mol. The van der Waals surface area contributed by atoms with Crippen molar-refractivity contribution in [2.75, 3.05) is 45.0 Å². The third kappa shape index (κ3) is 5.30. The number of carbonyl (C=O) groups excluding carboxylic acids is 1. The van der Waals surface area contributed by atoms with Gasteiger partial charge in [0.25, 0.3) is 5.91 Å². The Morgan fingerprint density at radius 1 is 0.963 bits per heavy atom. The van der Waals surface area contributed by atoms with Crippen LogP contribution in [0.15, 0.2) is 24.3 Å². The summed E-state index contributed by atoms with van der Waals surface area (Å²) >= 11 is 0. The zero-order valence-corrected chi connectivity index (χ0v) is 17.1. The van der Waals surface area contributed by atoms with Crippen LogP contribution in [0, 0.1) is 0 Å². The maximum absolute atomic E-state index is 12.8. The highest BCUT2D eigenvalue weighted by Crippen LogP contribution is 2.16. The standard InChI is InChI=1S/C20H31N3O3S/c1-2-27(25,26)23-14-12-21(13-15-23)17-18-8-7-9-19(16-18)20(24)22-10-5-3-4-6-11-22/h7-9,16H,2-6,10-15,17H2,1H3. The van der Waals surface area contributed by atoms with Crippen molar-refractivity contribution in [2.24, 2.45) is 0 Å². The van der Waals surface area contributed by atoms with Crippen LogP contribution in [-0.4, -0.2) is 73.5 Å². The normalized spacial score (nSPS) is 20.4. The van der Waals surface area contributed by atoms with Crippen LogP contribution in [0.25, 0.3) is 0 Å². The average Bonchev–Trinajstić information content (AvgIpc) is 2.97. The van der Waals surface area contributed by atoms with Crippen molar-refractivity contribution in [1.29, 1.82) is 0 Å². The molecule has 6 nitrogen and oxygen atoms in total. The molecule has 1 amide bonds. The van der Waals surface area contributed by atoms with Gasteiger partial charge in [0.1, 0.15) is 0 Å². The molecule has 0 unspecified atom stereocenters. The SMILES string of the molecule is CCS(=O)(=O)N1CCN(Cc2cccc(C(=O)N3CCCCCC3)c2)CC1. The highest BCUT2D eigenvalue weighted by Gasteiger charge is 2.25. The maximum atomic E-state index is 12.8. The van der Waals surface area contributed by atoms with Crippen molar-refractivity contribution in [3.63, 3.8) is 0 Å². The summed E-state index contributed by atoms with van der Waals surface area (Å²) in [6, 6.07) is 7.91. The summed E-state index contributed by atoms with van der Waals surface area (Å²) in [5.74, 6) is 0.297. The van der Waals surface area contributed by atoms with Crippen LogP contribution in [0.3, 0.4) is 0 Å². The summed E-state index contributed by atoms with van der Waals surface area (Å²) in [5, 5.41) is 0. The number of benzene rings is 1. The van der Waals surface area contributed by atoms with E-state index in [1.54, 1.807) is 11.2 Å². The van der Waals surface area contributed by atoms with E-state index in [0.717, 1.165) is 56.7 Å². The third-order valence-electron chi connectivity index (χ3n) is 5.56. The number of nitrogens with zero attached hydrogens (tertiary/aromatic N) is 3. The lowest BCUT2D eigenvalue weighted by molar-refractivity contribution is 0.0761. The summed E-state index contributed by atoms with van der Waals surface area (Å²) in [6.45, 7) is 6.70. The van der Waals surface area contributed by atoms with Gasteiger partial charge in [0.05, 0.1) is 5.75 Å². The number of piperazine rings is 1. The minimum Gasteiger partial charge on any atom is -0.339 e. The van der Waals surface area contributed by atoms with Crippen molar-refractivity contribution in [3.8, 4) is 0 Å². The molecule has 0 saturated carbocycles. The van der Waals surface area contributed by atoms with Gasteiger partial charge >= 0.3 is 0 Å². The Hall–Kier alpha value is -1.44. The second kappa shape index (κ2) is 9.17. The van der Waals surface area contributed by atoms with Gasteiger partial charge in [-0.3, -0.25) is 9.69 Å². The first-order valence-corrected chi connectivity index (χ1v) is 11.7. The molecule has 2 aliphatic rings. The van der Waals surface area contributed by atoms with E-state index in [9.17, 15) is 13.2 Å². The van der Waals surface area contributed by atoms with E-state index in [0.29, 0.717) is 13.1 Å². The zero-order chi connectivity index (χ0) is 19.3. The molecule has 0 N–H and O–H groups in total. The molecule has 0 aliphatic carbocycles. The predicted octanol–water partition coefficient (Wildman–Crippen LogP) is 2.17. The Kier molecular flexibility index (Phi) is 6.89. The molecule has 3 rings (SSSR count). The van der Waals surface area contributed by atoms with E-state index >= 15 is 0 Å². The van der Waals surface area contributed by atoms with Gasteiger partial charge in [0.15, 0.2) is 0 Å². The molecule has 150 valence electrons. The molecule has 0 spiro atoms. The topological polar surface area (TPSA) is 60.9 Å². The molecule has 1 aromatic rings. The first-order chi connectivity index (χ1) is 13.0. The van der Waals surface area contributed by atoms with E-state index in [2.05, 4.69) is 4.90 Å². The second-order valence-corrected chi connectivity index (χ2v) is 9.74. The molecule has 2 saturated heterocycles. The first kappa shape index (κ1) is 20.3. The molecule has 27 heavy (non-hydrogen) atoms. The van der Waals surface area contributed by atoms with Crippen LogP contribution in [0.5, 0.6) is 0 Å². The number of hydrogen-bond donors (Lipinski definition) is 0. The molecular weight excluding hydrogens is 362 g/mol. The van der Waals surface area contributed by atoms with Gasteiger partial charge in [0, 0.05) is 51.4 Å². The van der Waals surface area contributed by atoms with Crippen LogP contribution in [0.2, 0.25) is 0 Å². The lowest BCUT2D eigenvalue weighted by atomic mass is 10.1. The van der Waals surface area contributed by atoms with Crippen molar-refractivity contribution in [2.45, 2.75) is 39.2 Å². The fourth-order valence-electron chi connectivity index (χ4n) is 3.87. The lowest BCUT2D eigenvalue weighted by Crippen LogP contribution is -2.48. The Labute approximate surface area is 163 Å². The third-order valence-corrected chi connectivity index (χ3v) is 7.44. The van der Waals surface area contributed by atoms with Gasteiger partial charge in [-0.1, -0.05) is 25.0 Å². The molecule has 0 aromatic heterocycles. The van der Waals surface area contributed by atoms with Crippen LogP contribution >= 0.6 is 0 Å². The molecule has 1 aromatic carbocycles. The zero-order valence-electron chi connectivity index (χ0n) is 16.3. The number of sulfonamides is 1. The first-order valence-electron chi connectivity index (χ1n) is 10.1. The smallest absolute Gasteiger partial charge is 0.253 e. The minimum absolute atomic E-state index is 0.137. The predicted molar refractivity (Wildman–Crippen MR) is 107 cm³/mol. The summed E-state index contributed by atoms with van der Waals surface area (Å²) in [6.07, 6.45) is 4.61. The van der Waals surface area contributed by atoms with Crippen molar-refractivity contribution in [1.82, 2.24) is 14.1 Å². The minimum atomic E-state index is -3.09. The van der Waals surface area contributed by atoms with Gasteiger partial charge in [-0.05, 0) is 37.5 Å². The summed E-state index contributed by atoms with van der Waals surface area (Å²) in [4.78, 5) is 17.1. The number of likely N-dealkylation sites (tertiary alicyclic amines) is 1. The van der Waals surface area contributed by atoms with Gasteiger partial charge in [-0.25, -0.2) is 8.42 Å². The molecule has 2 aliphatic heterocycles. The van der Waals surface area contributed by atoms with Gasteiger partial charge in [0.2, 0.25) is 10.0 Å². The summed E-state index contributed by atoms with van der Waals surface area (Å²) in [5.41, 5.74) is 1.88. The van der Waals surface area contributed by atoms with E-state index in [-0.39, 0.29) is 11.7 Å².